The molecule has 2 aliphatic rings. The zero-order valence-corrected chi connectivity index (χ0v) is 10.8. The molecule has 2 heterocycles. The first-order chi connectivity index (χ1) is 9.22. The van der Waals surface area contributed by atoms with Crippen LogP contribution in [0.15, 0.2) is 24.3 Å². The Labute approximate surface area is 111 Å². The number of urea groups is 1. The van der Waals surface area contributed by atoms with Gasteiger partial charge in [0, 0.05) is 12.6 Å². The Morgan fingerprint density at radius 3 is 2.84 bits per heavy atom. The highest BCUT2D eigenvalue weighted by Crippen LogP contribution is 2.31. The Morgan fingerprint density at radius 1 is 1.26 bits per heavy atom. The minimum Gasteiger partial charge on any atom is -0.497 e. The third-order valence-electron chi connectivity index (χ3n) is 3.76. The first-order valence-corrected chi connectivity index (χ1v) is 6.51. The van der Waals surface area contributed by atoms with Crippen LogP contribution in [0.3, 0.4) is 0 Å². The van der Waals surface area contributed by atoms with E-state index in [1.807, 2.05) is 0 Å². The number of imide groups is 1. The van der Waals surface area contributed by atoms with Crippen LogP contribution in [-0.2, 0) is 4.79 Å². The van der Waals surface area contributed by atoms with E-state index in [0.717, 1.165) is 19.3 Å². The van der Waals surface area contributed by atoms with Crippen LogP contribution >= 0.6 is 0 Å². The molecule has 0 aromatic heterocycles. The van der Waals surface area contributed by atoms with Crippen LogP contribution in [-0.4, -0.2) is 36.5 Å². The molecule has 1 atom stereocenters. The lowest BCUT2D eigenvalue weighted by Crippen LogP contribution is -2.39. The van der Waals surface area contributed by atoms with Crippen molar-refractivity contribution >= 4 is 17.6 Å². The molecule has 19 heavy (non-hydrogen) atoms. The van der Waals surface area contributed by atoms with Crippen molar-refractivity contribution in [2.45, 2.75) is 25.3 Å². The van der Waals surface area contributed by atoms with E-state index in [9.17, 15) is 9.59 Å². The summed E-state index contributed by atoms with van der Waals surface area (Å²) >= 11 is 0. The molecule has 0 spiro atoms. The van der Waals surface area contributed by atoms with Crippen molar-refractivity contribution in [2.75, 3.05) is 18.6 Å². The van der Waals surface area contributed by atoms with Crippen LogP contribution in [0.25, 0.3) is 0 Å². The SMILES string of the molecule is COc1cccc(N2C(=O)C3CCCCN3C2=O)c1. The molecule has 0 radical (unpaired) electrons. The molecule has 0 bridgehead atoms. The summed E-state index contributed by atoms with van der Waals surface area (Å²) in [5.74, 6) is 0.529. The van der Waals surface area contributed by atoms with E-state index in [0.29, 0.717) is 18.0 Å². The number of benzene rings is 1. The maximum Gasteiger partial charge on any atom is 0.332 e. The number of anilines is 1. The number of rotatable bonds is 2. The van der Waals surface area contributed by atoms with E-state index in [-0.39, 0.29) is 18.0 Å². The lowest BCUT2D eigenvalue weighted by Gasteiger charge is -2.25. The van der Waals surface area contributed by atoms with Crippen LogP contribution in [0.5, 0.6) is 5.75 Å². The van der Waals surface area contributed by atoms with E-state index >= 15 is 0 Å². The van der Waals surface area contributed by atoms with E-state index in [1.54, 1.807) is 36.3 Å². The van der Waals surface area contributed by atoms with Gasteiger partial charge in [0.15, 0.2) is 0 Å². The van der Waals surface area contributed by atoms with E-state index in [4.69, 9.17) is 4.74 Å². The molecule has 2 saturated heterocycles. The van der Waals surface area contributed by atoms with Gasteiger partial charge in [0.1, 0.15) is 11.8 Å². The molecule has 1 unspecified atom stereocenters. The summed E-state index contributed by atoms with van der Waals surface area (Å²) < 4.78 is 5.14. The van der Waals surface area contributed by atoms with E-state index < -0.39 is 0 Å². The first-order valence-electron chi connectivity index (χ1n) is 6.51. The smallest absolute Gasteiger partial charge is 0.332 e. The molecular weight excluding hydrogens is 244 g/mol. The summed E-state index contributed by atoms with van der Waals surface area (Å²) in [6.07, 6.45) is 2.75. The zero-order valence-electron chi connectivity index (χ0n) is 10.8. The quantitative estimate of drug-likeness (QED) is 0.764. The zero-order chi connectivity index (χ0) is 13.4. The Kier molecular flexibility index (Phi) is 2.89. The molecule has 1 aromatic rings. The molecule has 2 aliphatic heterocycles. The maximum absolute atomic E-state index is 12.4. The van der Waals surface area contributed by atoms with Gasteiger partial charge in [-0.15, -0.1) is 0 Å². The van der Waals surface area contributed by atoms with Crippen LogP contribution in [0.1, 0.15) is 19.3 Å². The third-order valence-corrected chi connectivity index (χ3v) is 3.76. The predicted octanol–water partition coefficient (Wildman–Crippen LogP) is 2.02. The summed E-state index contributed by atoms with van der Waals surface area (Å²) in [4.78, 5) is 27.7. The Hall–Kier alpha value is -2.04. The van der Waals surface area contributed by atoms with Crippen molar-refractivity contribution in [3.05, 3.63) is 24.3 Å². The summed E-state index contributed by atoms with van der Waals surface area (Å²) in [6, 6.07) is 6.58. The Balaban J connectivity index is 1.95. The standard InChI is InChI=1S/C14H16N2O3/c1-19-11-6-4-5-10(9-11)16-13(17)12-7-2-3-8-15(12)14(16)18/h4-6,9,12H,2-3,7-8H2,1H3. The van der Waals surface area contributed by atoms with Crippen molar-refractivity contribution < 1.29 is 14.3 Å². The van der Waals surface area contributed by atoms with Gasteiger partial charge in [-0.05, 0) is 31.4 Å². The maximum atomic E-state index is 12.4. The van der Waals surface area contributed by atoms with Gasteiger partial charge >= 0.3 is 6.03 Å². The fourth-order valence-corrected chi connectivity index (χ4v) is 2.78. The van der Waals surface area contributed by atoms with Crippen LogP contribution < -0.4 is 9.64 Å². The molecule has 5 nitrogen and oxygen atoms in total. The molecule has 0 N–H and O–H groups in total. The number of hydrogen-bond acceptors (Lipinski definition) is 3. The lowest BCUT2D eigenvalue weighted by molar-refractivity contribution is -0.120. The topological polar surface area (TPSA) is 49.9 Å². The third kappa shape index (κ3) is 1.85. The van der Waals surface area contributed by atoms with Crippen LogP contribution in [0, 0.1) is 0 Å². The number of methoxy groups -OCH3 is 1. The fourth-order valence-electron chi connectivity index (χ4n) is 2.78. The largest absolute Gasteiger partial charge is 0.497 e. The normalized spacial score (nSPS) is 22.7. The number of carbonyl (C=O) groups excluding carboxylic acids is 2. The Morgan fingerprint density at radius 2 is 2.11 bits per heavy atom. The molecule has 1 aromatic carbocycles. The Bertz CT molecular complexity index is 505. The fraction of sp³-hybridized carbons (Fsp3) is 0.429. The molecule has 3 rings (SSSR count). The molecule has 100 valence electrons. The monoisotopic (exact) mass is 260 g/mol. The number of nitrogens with zero attached hydrogens (tertiary/aromatic N) is 2. The van der Waals surface area contributed by atoms with Gasteiger partial charge in [-0.3, -0.25) is 4.79 Å². The van der Waals surface area contributed by atoms with E-state index in [1.165, 1.54) is 4.90 Å². The summed E-state index contributed by atoms with van der Waals surface area (Å²) in [6.45, 7) is 0.676. The van der Waals surface area contributed by atoms with Gasteiger partial charge in [0.2, 0.25) is 0 Å². The highest BCUT2D eigenvalue weighted by molar-refractivity contribution is 6.21. The summed E-state index contributed by atoms with van der Waals surface area (Å²) in [5, 5.41) is 0. The summed E-state index contributed by atoms with van der Waals surface area (Å²) in [7, 11) is 1.57. The highest BCUT2D eigenvalue weighted by Gasteiger charge is 2.46. The van der Waals surface area contributed by atoms with Gasteiger partial charge in [-0.25, -0.2) is 9.69 Å². The van der Waals surface area contributed by atoms with Gasteiger partial charge in [-0.2, -0.15) is 0 Å². The predicted molar refractivity (Wildman–Crippen MR) is 70.2 cm³/mol. The molecule has 0 saturated carbocycles. The van der Waals surface area contributed by atoms with Crippen molar-refractivity contribution in [1.82, 2.24) is 4.90 Å². The minimum atomic E-state index is -0.271. The first kappa shape index (κ1) is 12.0. The molecule has 2 fully saturated rings. The average Bonchev–Trinajstić information content (AvgIpc) is 2.72. The number of ether oxygens (including phenoxy) is 1. The van der Waals surface area contributed by atoms with Crippen LogP contribution in [0.2, 0.25) is 0 Å². The lowest BCUT2D eigenvalue weighted by atomic mass is 10.0. The molecule has 0 aliphatic carbocycles. The van der Waals surface area contributed by atoms with Gasteiger partial charge in [0.05, 0.1) is 12.8 Å². The molecule has 3 amide bonds. The number of hydrogen-bond donors (Lipinski definition) is 0. The second-order valence-electron chi connectivity index (χ2n) is 4.86. The molecule has 5 heteroatoms. The van der Waals surface area contributed by atoms with Crippen molar-refractivity contribution in [3.63, 3.8) is 0 Å². The van der Waals surface area contributed by atoms with E-state index in [2.05, 4.69) is 0 Å². The second-order valence-corrected chi connectivity index (χ2v) is 4.86. The van der Waals surface area contributed by atoms with Crippen molar-refractivity contribution in [2.24, 2.45) is 0 Å². The van der Waals surface area contributed by atoms with Crippen molar-refractivity contribution in [3.8, 4) is 5.75 Å². The van der Waals surface area contributed by atoms with Gasteiger partial charge in [0.25, 0.3) is 5.91 Å². The van der Waals surface area contributed by atoms with Crippen LogP contribution in [0.4, 0.5) is 10.5 Å². The highest BCUT2D eigenvalue weighted by atomic mass is 16.5. The number of fused-ring (bicyclic) bond motifs is 1. The van der Waals surface area contributed by atoms with Crippen molar-refractivity contribution in [1.29, 1.82) is 0 Å². The minimum absolute atomic E-state index is 0.113. The van der Waals surface area contributed by atoms with Gasteiger partial charge < -0.3 is 9.64 Å². The number of amides is 3. The second kappa shape index (κ2) is 4.57. The van der Waals surface area contributed by atoms with Gasteiger partial charge in [-0.1, -0.05) is 6.07 Å². The summed E-state index contributed by atoms with van der Waals surface area (Å²) in [5.41, 5.74) is 0.587. The molecular formula is C14H16N2O3. The number of carbonyl (C=O) groups is 2. The number of piperidine rings is 1. The average molecular weight is 260 g/mol.